The van der Waals surface area contributed by atoms with E-state index in [4.69, 9.17) is 11.6 Å². The third kappa shape index (κ3) is 3.45. The molecule has 1 amide bonds. The third-order valence-corrected chi connectivity index (χ3v) is 5.36. The lowest BCUT2D eigenvalue weighted by Crippen LogP contribution is -2.36. The molecule has 134 valence electrons. The van der Waals surface area contributed by atoms with Gasteiger partial charge in [0, 0.05) is 18.9 Å². The molecular weight excluding hydrogens is 374 g/mol. The second-order valence-corrected chi connectivity index (χ2v) is 7.75. The molecule has 10 heteroatoms. The molecule has 1 unspecified atom stereocenters. The highest BCUT2D eigenvalue weighted by Gasteiger charge is 2.33. The molecular formula is C16H16ClN7OS. The van der Waals surface area contributed by atoms with Crippen LogP contribution < -0.4 is 0 Å². The van der Waals surface area contributed by atoms with Crippen LogP contribution in [-0.4, -0.2) is 47.1 Å². The third-order valence-electron chi connectivity index (χ3n) is 4.26. The number of hydrogen-bond donors (Lipinski definition) is 0. The summed E-state index contributed by atoms with van der Waals surface area (Å²) in [4.78, 5) is 32.2. The second-order valence-electron chi connectivity index (χ2n) is 6.13. The summed E-state index contributed by atoms with van der Waals surface area (Å²) >= 11 is 7.09. The molecule has 0 bridgehead atoms. The van der Waals surface area contributed by atoms with Crippen LogP contribution in [0, 0.1) is 5.92 Å². The van der Waals surface area contributed by atoms with Crippen molar-refractivity contribution in [3.05, 3.63) is 46.2 Å². The Labute approximate surface area is 158 Å². The Morgan fingerprint density at radius 2 is 2.12 bits per heavy atom. The highest BCUT2D eigenvalue weighted by Crippen LogP contribution is 2.34. The van der Waals surface area contributed by atoms with Crippen LogP contribution in [-0.2, 0) is 0 Å². The van der Waals surface area contributed by atoms with Gasteiger partial charge in [-0.15, -0.1) is 0 Å². The van der Waals surface area contributed by atoms with Gasteiger partial charge in [-0.25, -0.2) is 19.9 Å². The zero-order valence-electron chi connectivity index (χ0n) is 14.0. The van der Waals surface area contributed by atoms with E-state index >= 15 is 0 Å². The number of carbonyl (C=O) groups excluding carboxylic acids is 1. The fourth-order valence-electron chi connectivity index (χ4n) is 2.72. The van der Waals surface area contributed by atoms with E-state index in [9.17, 15) is 4.79 Å². The normalized spacial score (nSPS) is 15.0. The van der Waals surface area contributed by atoms with Crippen molar-refractivity contribution in [1.82, 2.24) is 34.6 Å². The summed E-state index contributed by atoms with van der Waals surface area (Å²) in [6, 6.07) is 1.44. The molecule has 3 heterocycles. The predicted octanol–water partition coefficient (Wildman–Crippen LogP) is 2.78. The van der Waals surface area contributed by atoms with Gasteiger partial charge in [0.15, 0.2) is 10.3 Å². The zero-order valence-corrected chi connectivity index (χ0v) is 15.6. The quantitative estimate of drug-likeness (QED) is 0.644. The molecule has 4 rings (SSSR count). The maximum absolute atomic E-state index is 13.1. The van der Waals surface area contributed by atoms with Crippen molar-refractivity contribution in [1.29, 1.82) is 0 Å². The summed E-state index contributed by atoms with van der Waals surface area (Å²) in [5.41, 5.74) is 0. The maximum atomic E-state index is 13.1. The Morgan fingerprint density at radius 3 is 2.77 bits per heavy atom. The molecule has 0 radical (unpaired) electrons. The van der Waals surface area contributed by atoms with Crippen LogP contribution >= 0.6 is 22.9 Å². The Kier molecular flexibility index (Phi) is 4.64. The highest BCUT2D eigenvalue weighted by molar-refractivity contribution is 7.17. The first kappa shape index (κ1) is 17.0. The summed E-state index contributed by atoms with van der Waals surface area (Å²) in [7, 11) is 0. The van der Waals surface area contributed by atoms with Gasteiger partial charge in [-0.1, -0.05) is 22.9 Å². The molecule has 1 aliphatic rings. The number of amides is 1. The number of thiazole rings is 1. The SMILES string of the molecule is CC(c1ncnn1-c1ncccn1)N(CC1CC1)C(=O)c1cnc(Cl)s1. The van der Waals surface area contributed by atoms with Gasteiger partial charge < -0.3 is 4.90 Å². The molecule has 26 heavy (non-hydrogen) atoms. The van der Waals surface area contributed by atoms with Crippen molar-refractivity contribution in [2.45, 2.75) is 25.8 Å². The van der Waals surface area contributed by atoms with E-state index in [1.807, 2.05) is 11.8 Å². The molecule has 0 saturated heterocycles. The van der Waals surface area contributed by atoms with Gasteiger partial charge in [0.2, 0.25) is 0 Å². The summed E-state index contributed by atoms with van der Waals surface area (Å²) < 4.78 is 1.92. The van der Waals surface area contributed by atoms with Crippen LogP contribution in [0.1, 0.15) is 41.3 Å². The van der Waals surface area contributed by atoms with Gasteiger partial charge in [0.1, 0.15) is 11.2 Å². The van der Waals surface area contributed by atoms with E-state index < -0.39 is 0 Å². The largest absolute Gasteiger partial charge is 0.328 e. The maximum Gasteiger partial charge on any atom is 0.266 e. The first-order valence-corrected chi connectivity index (χ1v) is 9.42. The van der Waals surface area contributed by atoms with Crippen molar-refractivity contribution in [2.24, 2.45) is 5.92 Å². The molecule has 3 aromatic heterocycles. The van der Waals surface area contributed by atoms with Gasteiger partial charge >= 0.3 is 0 Å². The monoisotopic (exact) mass is 389 g/mol. The molecule has 8 nitrogen and oxygen atoms in total. The molecule has 1 atom stereocenters. The van der Waals surface area contributed by atoms with E-state index in [-0.39, 0.29) is 11.9 Å². The van der Waals surface area contributed by atoms with Gasteiger partial charge in [0.05, 0.1) is 12.2 Å². The number of carbonyl (C=O) groups is 1. The van der Waals surface area contributed by atoms with Crippen molar-refractivity contribution in [3.63, 3.8) is 0 Å². The molecule has 1 fully saturated rings. The number of hydrogen-bond acceptors (Lipinski definition) is 7. The summed E-state index contributed by atoms with van der Waals surface area (Å²) in [6.07, 6.45) is 8.52. The average molecular weight is 390 g/mol. The second kappa shape index (κ2) is 7.08. The van der Waals surface area contributed by atoms with E-state index in [2.05, 4.69) is 25.0 Å². The van der Waals surface area contributed by atoms with Crippen LogP contribution in [0.15, 0.2) is 31.0 Å². The van der Waals surface area contributed by atoms with Crippen molar-refractivity contribution in [3.8, 4) is 5.95 Å². The molecule has 0 N–H and O–H groups in total. The van der Waals surface area contributed by atoms with E-state index in [1.54, 1.807) is 23.1 Å². The van der Waals surface area contributed by atoms with Crippen molar-refractivity contribution < 1.29 is 4.79 Å². The first-order chi connectivity index (χ1) is 12.6. The standard InChI is InChI=1S/C16H16ClN7OS/c1-10(13-21-9-22-24(13)16-18-5-2-6-19-16)23(8-11-3-4-11)14(25)12-7-20-15(17)26-12/h2,5-7,9-11H,3-4,8H2,1H3. The van der Waals surface area contributed by atoms with Crippen molar-refractivity contribution in [2.75, 3.05) is 6.54 Å². The van der Waals surface area contributed by atoms with Gasteiger partial charge in [-0.05, 0) is 31.7 Å². The highest BCUT2D eigenvalue weighted by atomic mass is 35.5. The summed E-state index contributed by atoms with van der Waals surface area (Å²) in [6.45, 7) is 2.60. The lowest BCUT2D eigenvalue weighted by molar-refractivity contribution is 0.0675. The van der Waals surface area contributed by atoms with E-state index in [1.165, 1.54) is 23.9 Å². The fourth-order valence-corrected chi connectivity index (χ4v) is 3.61. The van der Waals surface area contributed by atoms with Crippen molar-refractivity contribution >= 4 is 28.8 Å². The minimum absolute atomic E-state index is 0.0997. The molecule has 1 saturated carbocycles. The Balaban J connectivity index is 1.66. The predicted molar refractivity (Wildman–Crippen MR) is 96.2 cm³/mol. The minimum atomic E-state index is -0.296. The van der Waals surface area contributed by atoms with Gasteiger partial charge in [-0.3, -0.25) is 4.79 Å². The van der Waals surface area contributed by atoms with Gasteiger partial charge in [-0.2, -0.15) is 9.78 Å². The number of rotatable bonds is 6. The smallest absolute Gasteiger partial charge is 0.266 e. The Morgan fingerprint density at radius 1 is 1.35 bits per heavy atom. The van der Waals surface area contributed by atoms with Crippen LogP contribution in [0.2, 0.25) is 4.47 Å². The lowest BCUT2D eigenvalue weighted by atomic mass is 10.2. The summed E-state index contributed by atoms with van der Waals surface area (Å²) in [5, 5.41) is 4.23. The van der Waals surface area contributed by atoms with Crippen LogP contribution in [0.25, 0.3) is 5.95 Å². The molecule has 1 aliphatic carbocycles. The summed E-state index contributed by atoms with van der Waals surface area (Å²) in [5.74, 6) is 1.46. The lowest BCUT2D eigenvalue weighted by Gasteiger charge is -2.28. The van der Waals surface area contributed by atoms with Crippen LogP contribution in [0.3, 0.4) is 0 Å². The minimum Gasteiger partial charge on any atom is -0.328 e. The van der Waals surface area contributed by atoms with E-state index in [0.717, 1.165) is 12.8 Å². The first-order valence-electron chi connectivity index (χ1n) is 8.23. The Bertz CT molecular complexity index is 908. The van der Waals surface area contributed by atoms with Crippen LogP contribution in [0.4, 0.5) is 0 Å². The van der Waals surface area contributed by atoms with Crippen LogP contribution in [0.5, 0.6) is 0 Å². The topological polar surface area (TPSA) is 89.7 Å². The number of halogens is 1. The number of nitrogens with zero attached hydrogens (tertiary/aromatic N) is 7. The molecule has 0 aromatic carbocycles. The molecule has 0 aliphatic heterocycles. The van der Waals surface area contributed by atoms with Gasteiger partial charge in [0.25, 0.3) is 11.9 Å². The average Bonchev–Trinajstić information content (AvgIpc) is 3.16. The van der Waals surface area contributed by atoms with E-state index in [0.29, 0.717) is 33.6 Å². The fraction of sp³-hybridized carbons (Fsp3) is 0.375. The molecule has 3 aromatic rings. The number of aromatic nitrogens is 6. The Hall–Kier alpha value is -2.39. The zero-order chi connectivity index (χ0) is 18.1. The molecule has 0 spiro atoms.